The molecule has 0 amide bonds. The first-order chi connectivity index (χ1) is 9.81. The SMILES string of the molecule is C[C@@H]1CCCC([I-]c2ncnc3sc4c(c23)CCC4)C1. The molecule has 1 fully saturated rings. The molecule has 2 aliphatic carbocycles. The van der Waals surface area contributed by atoms with Crippen molar-refractivity contribution < 1.29 is 21.2 Å². The molecular weight excluding hydrogens is 379 g/mol. The molecule has 2 aromatic rings. The zero-order valence-corrected chi connectivity index (χ0v) is 14.8. The van der Waals surface area contributed by atoms with Gasteiger partial charge in [0.15, 0.2) is 0 Å². The van der Waals surface area contributed by atoms with Crippen LogP contribution in [0.2, 0.25) is 0 Å². The zero-order valence-electron chi connectivity index (χ0n) is 11.9. The van der Waals surface area contributed by atoms with E-state index in [1.165, 1.54) is 58.9 Å². The van der Waals surface area contributed by atoms with Gasteiger partial charge in [-0.1, -0.05) is 0 Å². The summed E-state index contributed by atoms with van der Waals surface area (Å²) in [5.41, 5.74) is 1.61. The fourth-order valence-corrected chi connectivity index (χ4v) is 8.88. The Morgan fingerprint density at radius 3 is 3.05 bits per heavy atom. The molecule has 2 nitrogen and oxygen atoms in total. The molecule has 2 aliphatic rings. The van der Waals surface area contributed by atoms with Crippen LogP contribution in [-0.2, 0) is 12.8 Å². The van der Waals surface area contributed by atoms with Crippen molar-refractivity contribution >= 4 is 21.6 Å². The summed E-state index contributed by atoms with van der Waals surface area (Å²) in [6, 6.07) is 0. The van der Waals surface area contributed by atoms with Gasteiger partial charge in [-0.05, 0) is 0 Å². The summed E-state index contributed by atoms with van der Waals surface area (Å²) in [6.45, 7) is 2.42. The number of hydrogen-bond acceptors (Lipinski definition) is 3. The minimum atomic E-state index is 0.0500. The van der Waals surface area contributed by atoms with Crippen molar-refractivity contribution in [3.05, 3.63) is 20.5 Å². The molecule has 0 spiro atoms. The number of rotatable bonds is 2. The molecule has 4 rings (SSSR count). The number of nitrogens with zero attached hydrogens (tertiary/aromatic N) is 2. The van der Waals surface area contributed by atoms with Crippen LogP contribution >= 0.6 is 11.3 Å². The maximum atomic E-state index is 4.72. The number of thiophene rings is 1. The third kappa shape index (κ3) is 2.39. The molecule has 1 saturated carbocycles. The first-order valence-electron chi connectivity index (χ1n) is 7.70. The second-order valence-corrected chi connectivity index (χ2v) is 10.7. The van der Waals surface area contributed by atoms with Crippen molar-refractivity contribution in [2.24, 2.45) is 5.92 Å². The molecule has 0 saturated heterocycles. The molecule has 4 heteroatoms. The third-order valence-corrected chi connectivity index (χ3v) is 9.20. The number of aromatic nitrogens is 2. The quantitative estimate of drug-likeness (QED) is 0.428. The number of aryl methyl sites for hydroxylation is 2. The second kappa shape index (κ2) is 5.52. The Bertz CT molecular complexity index is 637. The van der Waals surface area contributed by atoms with Crippen molar-refractivity contribution in [3.63, 3.8) is 0 Å². The average Bonchev–Trinajstić information content (AvgIpc) is 2.99. The normalized spacial score (nSPS) is 26.2. The summed E-state index contributed by atoms with van der Waals surface area (Å²) in [6.07, 6.45) is 11.4. The van der Waals surface area contributed by atoms with E-state index >= 15 is 0 Å². The fraction of sp³-hybridized carbons (Fsp3) is 0.625. The molecule has 108 valence electrons. The predicted molar refractivity (Wildman–Crippen MR) is 79.6 cm³/mol. The van der Waals surface area contributed by atoms with Gasteiger partial charge in [0, 0.05) is 0 Å². The average molecular weight is 399 g/mol. The molecule has 1 unspecified atom stereocenters. The minimum absolute atomic E-state index is 0.0500. The van der Waals surface area contributed by atoms with E-state index in [0.717, 1.165) is 9.84 Å². The van der Waals surface area contributed by atoms with Crippen molar-refractivity contribution in [2.75, 3.05) is 0 Å². The first-order valence-corrected chi connectivity index (χ1v) is 10.8. The summed E-state index contributed by atoms with van der Waals surface area (Å²) in [5.74, 6) is 0.930. The molecule has 0 N–H and O–H groups in total. The van der Waals surface area contributed by atoms with E-state index in [-0.39, 0.29) is 21.2 Å². The van der Waals surface area contributed by atoms with Gasteiger partial charge in [0.1, 0.15) is 0 Å². The van der Waals surface area contributed by atoms with Crippen molar-refractivity contribution in [3.8, 4) is 0 Å². The van der Waals surface area contributed by atoms with E-state index in [9.17, 15) is 0 Å². The van der Waals surface area contributed by atoms with Crippen LogP contribution in [0.15, 0.2) is 6.33 Å². The summed E-state index contributed by atoms with van der Waals surface area (Å²) in [7, 11) is 0. The molecule has 0 aliphatic heterocycles. The van der Waals surface area contributed by atoms with Crippen LogP contribution in [-0.4, -0.2) is 13.9 Å². The van der Waals surface area contributed by atoms with Gasteiger partial charge < -0.3 is 0 Å². The summed E-state index contributed by atoms with van der Waals surface area (Å²) in [5, 5.41) is 1.48. The standard InChI is InChI=1S/C16H20IN2S/c1-10-4-2-5-11(8-10)17-15-14-12-6-3-7-13(12)20-16(14)19-9-18-15/h9-11H,2-8H2,1H3/q-1/t10-,11?/m1/s1. The first kappa shape index (κ1) is 13.4. The van der Waals surface area contributed by atoms with Crippen LogP contribution in [0.25, 0.3) is 10.2 Å². The van der Waals surface area contributed by atoms with E-state index in [4.69, 9.17) is 4.98 Å². The maximum absolute atomic E-state index is 4.72. The van der Waals surface area contributed by atoms with Crippen LogP contribution in [0.3, 0.4) is 0 Å². The molecule has 2 heterocycles. The number of hydrogen-bond donors (Lipinski definition) is 0. The summed E-state index contributed by atoms with van der Waals surface area (Å²) < 4.78 is 2.40. The van der Waals surface area contributed by atoms with Crippen molar-refractivity contribution in [1.29, 1.82) is 0 Å². The fourth-order valence-electron chi connectivity index (χ4n) is 3.58. The Morgan fingerprint density at radius 2 is 2.15 bits per heavy atom. The summed E-state index contributed by atoms with van der Waals surface area (Å²) in [4.78, 5) is 12.1. The molecular formula is C16H20IN2S-. The molecule has 0 radical (unpaired) electrons. The van der Waals surface area contributed by atoms with Gasteiger partial charge in [-0.15, -0.1) is 0 Å². The van der Waals surface area contributed by atoms with Crippen LogP contribution in [0.4, 0.5) is 0 Å². The molecule has 0 bridgehead atoms. The van der Waals surface area contributed by atoms with Crippen molar-refractivity contribution in [1.82, 2.24) is 9.97 Å². The second-order valence-electron chi connectivity index (χ2n) is 6.18. The van der Waals surface area contributed by atoms with Crippen LogP contribution < -0.4 is 21.2 Å². The van der Waals surface area contributed by atoms with E-state index in [0.29, 0.717) is 0 Å². The van der Waals surface area contributed by atoms with Gasteiger partial charge in [0.05, 0.1) is 0 Å². The molecule has 2 atom stereocenters. The zero-order chi connectivity index (χ0) is 13.5. The van der Waals surface area contributed by atoms with Crippen LogP contribution in [0, 0.1) is 9.62 Å². The third-order valence-electron chi connectivity index (χ3n) is 4.59. The van der Waals surface area contributed by atoms with E-state index in [2.05, 4.69) is 11.9 Å². The van der Waals surface area contributed by atoms with Gasteiger partial charge >= 0.3 is 135 Å². The van der Waals surface area contributed by atoms with E-state index < -0.39 is 0 Å². The Kier molecular flexibility index (Phi) is 3.71. The van der Waals surface area contributed by atoms with E-state index in [1.54, 1.807) is 10.4 Å². The number of halogens is 1. The number of alkyl halides is 1. The van der Waals surface area contributed by atoms with Crippen LogP contribution in [0.5, 0.6) is 0 Å². The monoisotopic (exact) mass is 399 g/mol. The van der Waals surface area contributed by atoms with Crippen LogP contribution in [0.1, 0.15) is 49.5 Å². The summed E-state index contributed by atoms with van der Waals surface area (Å²) >= 11 is 1.98. The number of fused-ring (bicyclic) bond motifs is 3. The van der Waals surface area contributed by atoms with Gasteiger partial charge in [-0.2, -0.15) is 0 Å². The molecule has 2 aromatic heterocycles. The van der Waals surface area contributed by atoms with Crippen molar-refractivity contribution in [2.45, 2.75) is 55.8 Å². The van der Waals surface area contributed by atoms with Gasteiger partial charge in [0.2, 0.25) is 0 Å². The predicted octanol–water partition coefficient (Wildman–Crippen LogP) is 1.02. The Morgan fingerprint density at radius 1 is 1.20 bits per heavy atom. The van der Waals surface area contributed by atoms with Gasteiger partial charge in [-0.3, -0.25) is 0 Å². The topological polar surface area (TPSA) is 25.8 Å². The molecule has 20 heavy (non-hydrogen) atoms. The Hall–Kier alpha value is -0.230. The molecule has 0 aromatic carbocycles. The van der Waals surface area contributed by atoms with E-state index in [1.807, 2.05) is 17.7 Å². The Labute approximate surface area is 134 Å². The Balaban J connectivity index is 1.69. The van der Waals surface area contributed by atoms with Gasteiger partial charge in [0.25, 0.3) is 0 Å². The van der Waals surface area contributed by atoms with Gasteiger partial charge in [-0.25, -0.2) is 0 Å².